The molecule has 0 bridgehead atoms. The SMILES string of the molecule is CCOc1cccc(-c2cc(F)ccc2N(C)C(=O)O[C@H]2CCCN2C)c1. The fourth-order valence-corrected chi connectivity index (χ4v) is 3.27. The second kappa shape index (κ2) is 8.39. The molecule has 1 heterocycles. The first-order chi connectivity index (χ1) is 13.0. The molecular formula is C21H25FN2O3. The zero-order valence-electron chi connectivity index (χ0n) is 15.9. The maximum Gasteiger partial charge on any atom is 0.415 e. The number of likely N-dealkylation sites (tertiary alicyclic amines) is 1. The molecule has 3 rings (SSSR count). The van der Waals surface area contributed by atoms with Crippen molar-refractivity contribution < 1.29 is 18.7 Å². The van der Waals surface area contributed by atoms with Crippen LogP contribution in [0.4, 0.5) is 14.9 Å². The molecule has 1 amide bonds. The van der Waals surface area contributed by atoms with Gasteiger partial charge in [-0.15, -0.1) is 0 Å². The van der Waals surface area contributed by atoms with E-state index in [1.807, 2.05) is 43.1 Å². The largest absolute Gasteiger partial charge is 0.494 e. The van der Waals surface area contributed by atoms with E-state index in [-0.39, 0.29) is 12.0 Å². The average molecular weight is 372 g/mol. The van der Waals surface area contributed by atoms with E-state index < -0.39 is 6.09 Å². The third-order valence-corrected chi connectivity index (χ3v) is 4.74. The summed E-state index contributed by atoms with van der Waals surface area (Å²) >= 11 is 0. The summed E-state index contributed by atoms with van der Waals surface area (Å²) in [4.78, 5) is 16.1. The molecule has 0 aromatic heterocycles. The van der Waals surface area contributed by atoms with Crippen LogP contribution in [0.5, 0.6) is 5.75 Å². The van der Waals surface area contributed by atoms with Crippen molar-refractivity contribution in [2.45, 2.75) is 26.0 Å². The van der Waals surface area contributed by atoms with Gasteiger partial charge in [0.15, 0.2) is 6.23 Å². The molecule has 0 unspecified atom stereocenters. The van der Waals surface area contributed by atoms with Crippen LogP contribution in [0.1, 0.15) is 19.8 Å². The maximum absolute atomic E-state index is 14.0. The molecule has 27 heavy (non-hydrogen) atoms. The Labute approximate surface area is 159 Å². The first-order valence-electron chi connectivity index (χ1n) is 9.17. The van der Waals surface area contributed by atoms with E-state index in [2.05, 4.69) is 0 Å². The molecule has 2 aromatic carbocycles. The average Bonchev–Trinajstić information content (AvgIpc) is 3.06. The minimum atomic E-state index is -0.456. The van der Waals surface area contributed by atoms with E-state index in [0.29, 0.717) is 23.6 Å². The highest BCUT2D eigenvalue weighted by atomic mass is 19.1. The van der Waals surface area contributed by atoms with Crippen LogP contribution < -0.4 is 9.64 Å². The summed E-state index contributed by atoms with van der Waals surface area (Å²) in [5, 5.41) is 0. The number of halogens is 1. The summed E-state index contributed by atoms with van der Waals surface area (Å²) in [5.41, 5.74) is 1.96. The summed E-state index contributed by atoms with van der Waals surface area (Å²) in [6.45, 7) is 3.36. The van der Waals surface area contributed by atoms with Crippen LogP contribution in [-0.2, 0) is 4.74 Å². The highest BCUT2D eigenvalue weighted by molar-refractivity contribution is 5.93. The van der Waals surface area contributed by atoms with Gasteiger partial charge in [-0.1, -0.05) is 12.1 Å². The van der Waals surface area contributed by atoms with Crippen LogP contribution in [0.25, 0.3) is 11.1 Å². The Hall–Kier alpha value is -2.60. The zero-order chi connectivity index (χ0) is 19.4. The van der Waals surface area contributed by atoms with Gasteiger partial charge in [-0.2, -0.15) is 0 Å². The number of hydrogen-bond donors (Lipinski definition) is 0. The van der Waals surface area contributed by atoms with Crippen molar-refractivity contribution in [3.8, 4) is 16.9 Å². The molecule has 0 N–H and O–H groups in total. The number of anilines is 1. The Bertz CT molecular complexity index is 812. The van der Waals surface area contributed by atoms with Crippen LogP contribution >= 0.6 is 0 Å². The number of amides is 1. The smallest absolute Gasteiger partial charge is 0.415 e. The second-order valence-electron chi connectivity index (χ2n) is 6.64. The van der Waals surface area contributed by atoms with Gasteiger partial charge in [0.2, 0.25) is 0 Å². The summed E-state index contributed by atoms with van der Waals surface area (Å²) in [6, 6.07) is 11.8. The van der Waals surface area contributed by atoms with Crippen LogP contribution in [0.2, 0.25) is 0 Å². The van der Waals surface area contributed by atoms with Gasteiger partial charge in [0, 0.05) is 19.2 Å². The highest BCUT2D eigenvalue weighted by Gasteiger charge is 2.27. The minimum absolute atomic E-state index is 0.217. The summed E-state index contributed by atoms with van der Waals surface area (Å²) < 4.78 is 25.1. The molecule has 1 atom stereocenters. The Balaban J connectivity index is 1.89. The van der Waals surface area contributed by atoms with Gasteiger partial charge in [0.05, 0.1) is 12.3 Å². The quantitative estimate of drug-likeness (QED) is 0.774. The van der Waals surface area contributed by atoms with Crippen molar-refractivity contribution in [3.63, 3.8) is 0 Å². The summed E-state index contributed by atoms with van der Waals surface area (Å²) in [5.74, 6) is 0.330. The van der Waals surface area contributed by atoms with Gasteiger partial charge >= 0.3 is 6.09 Å². The first-order valence-corrected chi connectivity index (χ1v) is 9.17. The molecule has 0 saturated carbocycles. The lowest BCUT2D eigenvalue weighted by Crippen LogP contribution is -2.36. The monoisotopic (exact) mass is 372 g/mol. The van der Waals surface area contributed by atoms with Gasteiger partial charge in [0.25, 0.3) is 0 Å². The minimum Gasteiger partial charge on any atom is -0.494 e. The molecule has 1 fully saturated rings. The topological polar surface area (TPSA) is 42.0 Å². The van der Waals surface area contributed by atoms with E-state index >= 15 is 0 Å². The van der Waals surface area contributed by atoms with Crippen molar-refractivity contribution in [1.29, 1.82) is 0 Å². The molecule has 2 aromatic rings. The van der Waals surface area contributed by atoms with Gasteiger partial charge < -0.3 is 9.47 Å². The zero-order valence-corrected chi connectivity index (χ0v) is 15.9. The van der Waals surface area contributed by atoms with Gasteiger partial charge in [-0.05, 0) is 62.7 Å². The van der Waals surface area contributed by atoms with Crippen molar-refractivity contribution in [2.24, 2.45) is 0 Å². The van der Waals surface area contributed by atoms with Crippen molar-refractivity contribution in [3.05, 3.63) is 48.3 Å². The van der Waals surface area contributed by atoms with Crippen LogP contribution in [0, 0.1) is 5.82 Å². The Morgan fingerprint density at radius 1 is 1.30 bits per heavy atom. The van der Waals surface area contributed by atoms with E-state index in [9.17, 15) is 9.18 Å². The number of rotatable bonds is 5. The summed E-state index contributed by atoms with van der Waals surface area (Å²) in [7, 11) is 3.58. The normalized spacial score (nSPS) is 17.0. The third kappa shape index (κ3) is 4.39. The number of benzene rings is 2. The molecule has 1 aliphatic rings. The molecular weight excluding hydrogens is 347 g/mol. The van der Waals surface area contributed by atoms with Gasteiger partial charge in [-0.25, -0.2) is 9.18 Å². The van der Waals surface area contributed by atoms with Gasteiger partial charge in [0.1, 0.15) is 11.6 Å². The lowest BCUT2D eigenvalue weighted by molar-refractivity contribution is 0.0315. The van der Waals surface area contributed by atoms with Crippen molar-refractivity contribution in [1.82, 2.24) is 4.90 Å². The van der Waals surface area contributed by atoms with E-state index in [1.54, 1.807) is 13.1 Å². The number of carbonyl (C=O) groups is 1. The Morgan fingerprint density at radius 2 is 2.11 bits per heavy atom. The van der Waals surface area contributed by atoms with Gasteiger partial charge in [-0.3, -0.25) is 9.80 Å². The molecule has 1 aliphatic heterocycles. The molecule has 144 valence electrons. The van der Waals surface area contributed by atoms with Crippen LogP contribution in [-0.4, -0.2) is 44.5 Å². The third-order valence-electron chi connectivity index (χ3n) is 4.74. The molecule has 5 nitrogen and oxygen atoms in total. The standard InChI is InChI=1S/C21H25FN2O3/c1-4-26-17-8-5-7-15(13-17)18-14-16(22)10-11-19(18)24(3)21(25)27-20-9-6-12-23(20)2/h5,7-8,10-11,13-14,20H,4,6,9,12H2,1-3H3/t20-/m0/s1. The van der Waals surface area contributed by atoms with E-state index in [4.69, 9.17) is 9.47 Å². The predicted octanol–water partition coefficient (Wildman–Crippen LogP) is 4.52. The maximum atomic E-state index is 14.0. The number of nitrogens with zero attached hydrogens (tertiary/aromatic N) is 2. The second-order valence-corrected chi connectivity index (χ2v) is 6.64. The highest BCUT2D eigenvalue weighted by Crippen LogP contribution is 2.33. The Morgan fingerprint density at radius 3 is 2.81 bits per heavy atom. The number of carbonyl (C=O) groups excluding carboxylic acids is 1. The van der Waals surface area contributed by atoms with E-state index in [1.165, 1.54) is 17.0 Å². The lowest BCUT2D eigenvalue weighted by Gasteiger charge is -2.25. The molecule has 0 spiro atoms. The fraction of sp³-hybridized carbons (Fsp3) is 0.381. The van der Waals surface area contributed by atoms with Crippen molar-refractivity contribution >= 4 is 11.8 Å². The summed E-state index contributed by atoms with van der Waals surface area (Å²) in [6.07, 6.45) is 1.15. The fourth-order valence-electron chi connectivity index (χ4n) is 3.27. The molecule has 1 saturated heterocycles. The number of ether oxygens (including phenoxy) is 2. The molecule has 6 heteroatoms. The predicted molar refractivity (Wildman–Crippen MR) is 104 cm³/mol. The lowest BCUT2D eigenvalue weighted by atomic mass is 10.0. The van der Waals surface area contributed by atoms with Crippen LogP contribution in [0.15, 0.2) is 42.5 Å². The van der Waals surface area contributed by atoms with E-state index in [0.717, 1.165) is 24.9 Å². The number of hydrogen-bond acceptors (Lipinski definition) is 4. The first kappa shape index (κ1) is 19.2. The molecule has 0 aliphatic carbocycles. The Kier molecular flexibility index (Phi) is 5.96. The molecule has 0 radical (unpaired) electrons. The van der Waals surface area contributed by atoms with Crippen molar-refractivity contribution in [2.75, 3.05) is 32.1 Å². The van der Waals surface area contributed by atoms with Crippen LogP contribution in [0.3, 0.4) is 0 Å².